The highest BCUT2D eigenvalue weighted by atomic mass is 16.3. The lowest BCUT2D eigenvalue weighted by molar-refractivity contribution is -0.114. The maximum absolute atomic E-state index is 9.98. The number of nitrogens with one attached hydrogen (secondary N) is 1. The molecular formula is C33H49N3O2. The quantitative estimate of drug-likeness (QED) is 0.406. The minimum absolute atomic E-state index is 0.167. The van der Waals surface area contributed by atoms with Crippen LogP contribution in [0.2, 0.25) is 0 Å². The molecule has 0 unspecified atom stereocenters. The molecule has 0 aromatic heterocycles. The first-order valence-electron chi connectivity index (χ1n) is 13.4. The van der Waals surface area contributed by atoms with Gasteiger partial charge in [-0.25, -0.2) is 4.99 Å². The number of carbonyl (C=O) groups is 1. The smallest absolute Gasteiger partial charge is 0.156 e. The van der Waals surface area contributed by atoms with Crippen LogP contribution >= 0.6 is 0 Å². The normalized spacial score (nSPS) is 13.1. The molecule has 3 rings (SSSR count). The Bertz CT molecular complexity index is 1070. The van der Waals surface area contributed by atoms with Crippen molar-refractivity contribution < 1.29 is 9.90 Å². The fourth-order valence-corrected chi connectivity index (χ4v) is 3.23. The molecule has 1 aliphatic heterocycles. The first kappa shape index (κ1) is 34.4. The molecule has 0 saturated carbocycles. The van der Waals surface area contributed by atoms with Gasteiger partial charge in [0.25, 0.3) is 0 Å². The molecule has 0 aliphatic carbocycles. The van der Waals surface area contributed by atoms with Gasteiger partial charge >= 0.3 is 0 Å². The van der Waals surface area contributed by atoms with Gasteiger partial charge in [0.15, 0.2) is 5.82 Å². The van der Waals surface area contributed by atoms with Gasteiger partial charge in [0.05, 0.1) is 11.4 Å². The van der Waals surface area contributed by atoms with Gasteiger partial charge in [0, 0.05) is 25.4 Å². The number of benzene rings is 2. The van der Waals surface area contributed by atoms with E-state index in [9.17, 15) is 9.90 Å². The molecule has 0 atom stereocenters. The third-order valence-corrected chi connectivity index (χ3v) is 5.55. The van der Waals surface area contributed by atoms with Crippen LogP contribution in [0.25, 0.3) is 0 Å². The Morgan fingerprint density at radius 3 is 2.00 bits per heavy atom. The Balaban J connectivity index is 0.000000624. The Kier molecular flexibility index (Phi) is 17.7. The number of aryl methyl sites for hydroxylation is 2. The molecule has 0 amide bonds. The first-order valence-corrected chi connectivity index (χ1v) is 13.4. The topological polar surface area (TPSA) is 64.9 Å². The Morgan fingerprint density at radius 1 is 1.03 bits per heavy atom. The van der Waals surface area contributed by atoms with Crippen molar-refractivity contribution in [1.29, 1.82) is 0 Å². The second kappa shape index (κ2) is 19.5. The lowest BCUT2D eigenvalue weighted by Gasteiger charge is -2.27. The van der Waals surface area contributed by atoms with Crippen molar-refractivity contribution in [2.45, 2.75) is 74.1 Å². The summed E-state index contributed by atoms with van der Waals surface area (Å²) in [5.41, 5.74) is 6.10. The van der Waals surface area contributed by atoms with Crippen molar-refractivity contribution in [2.75, 3.05) is 14.1 Å². The number of unbranched alkanes of at least 4 members (excludes halogenated alkanes) is 2. The molecule has 208 valence electrons. The maximum atomic E-state index is 9.98. The first-order chi connectivity index (χ1) is 18.1. The van der Waals surface area contributed by atoms with E-state index in [4.69, 9.17) is 0 Å². The van der Waals surface area contributed by atoms with Crippen LogP contribution < -0.4 is 5.32 Å². The van der Waals surface area contributed by atoms with E-state index in [2.05, 4.69) is 68.8 Å². The summed E-state index contributed by atoms with van der Waals surface area (Å²) < 4.78 is 0. The third kappa shape index (κ3) is 13.1. The number of nitrogens with zero attached hydrogens (tertiary/aromatic N) is 2. The van der Waals surface area contributed by atoms with E-state index in [1.807, 2.05) is 44.1 Å². The highest BCUT2D eigenvalue weighted by molar-refractivity contribution is 6.11. The van der Waals surface area contributed by atoms with Gasteiger partial charge in [0.1, 0.15) is 11.5 Å². The largest absolute Gasteiger partial charge is 0.507 e. The minimum atomic E-state index is 0.167. The van der Waals surface area contributed by atoms with Crippen LogP contribution in [0.4, 0.5) is 0 Å². The van der Waals surface area contributed by atoms with Gasteiger partial charge in [-0.3, -0.25) is 0 Å². The number of para-hydroxylation sites is 1. The van der Waals surface area contributed by atoms with Gasteiger partial charge in [0.2, 0.25) is 0 Å². The Morgan fingerprint density at radius 2 is 1.58 bits per heavy atom. The fourth-order valence-electron chi connectivity index (χ4n) is 3.23. The van der Waals surface area contributed by atoms with E-state index in [-0.39, 0.29) is 11.5 Å². The van der Waals surface area contributed by atoms with Crippen LogP contribution in [0.5, 0.6) is 5.75 Å². The summed E-state index contributed by atoms with van der Waals surface area (Å²) in [6.07, 6.45) is 8.90. The summed E-state index contributed by atoms with van der Waals surface area (Å²) in [6, 6.07) is 15.9. The van der Waals surface area contributed by atoms with Crippen molar-refractivity contribution in [2.24, 2.45) is 4.99 Å². The van der Waals surface area contributed by atoms with E-state index >= 15 is 0 Å². The molecular weight excluding hydrogens is 470 g/mol. The molecule has 5 nitrogen and oxygen atoms in total. The van der Waals surface area contributed by atoms with E-state index in [0.29, 0.717) is 0 Å². The number of aliphatic imine (C=N–C) groups is 1. The number of hydrogen-bond donors (Lipinski definition) is 2. The maximum Gasteiger partial charge on any atom is 0.156 e. The molecule has 2 aromatic rings. The molecule has 0 bridgehead atoms. The molecule has 0 radical (unpaired) electrons. The zero-order chi connectivity index (χ0) is 29.1. The third-order valence-electron chi connectivity index (χ3n) is 5.55. The molecule has 0 fully saturated rings. The standard InChI is InChI=1S/C16H19N3O.C9H12.C5H12.C3H6O/c1-5-13(17-3)16-18-14(10-11(2)19(16)4)12-8-6-7-9-15(12)20;1-3-9-6-4-8(2)5-7-9;1-3-5-4-2;1-3(2)4/h5-10,17,20H,1H2,2-4H3;4-7H,3H2,1-2H3;3-5H2,1-2H3;1-2H3/b16-13+;;;. The van der Waals surface area contributed by atoms with Gasteiger partial charge in [-0.2, -0.15) is 0 Å². The van der Waals surface area contributed by atoms with Crippen LogP contribution in [0.1, 0.15) is 77.5 Å². The van der Waals surface area contributed by atoms with E-state index in [1.165, 1.54) is 44.2 Å². The average Bonchev–Trinajstić information content (AvgIpc) is 2.89. The molecule has 1 heterocycles. The molecule has 5 heteroatoms. The molecule has 2 N–H and O–H groups in total. The predicted molar refractivity (Wildman–Crippen MR) is 165 cm³/mol. The number of Topliss-reactive ketones (excluding diaryl/α,β-unsaturated/α-hetero) is 1. The van der Waals surface area contributed by atoms with Gasteiger partial charge in [-0.05, 0) is 64.0 Å². The lowest BCUT2D eigenvalue weighted by Crippen LogP contribution is -2.24. The van der Waals surface area contributed by atoms with E-state index < -0.39 is 0 Å². The van der Waals surface area contributed by atoms with Gasteiger partial charge in [-0.15, -0.1) is 0 Å². The number of phenols is 1. The molecule has 2 aromatic carbocycles. The summed E-state index contributed by atoms with van der Waals surface area (Å²) in [5.74, 6) is 1.17. The number of carbonyl (C=O) groups excluding carboxylic acids is 1. The Hall–Kier alpha value is -3.60. The van der Waals surface area contributed by atoms with Crippen molar-refractivity contribution in [3.8, 4) is 5.75 Å². The van der Waals surface area contributed by atoms with Crippen LogP contribution in [-0.2, 0) is 11.2 Å². The summed E-state index contributed by atoms with van der Waals surface area (Å²) in [6.45, 7) is 17.6. The molecule has 0 saturated heterocycles. The molecule has 1 aliphatic rings. The zero-order valence-corrected chi connectivity index (χ0v) is 25.1. The van der Waals surface area contributed by atoms with Crippen LogP contribution in [0.15, 0.2) is 89.5 Å². The van der Waals surface area contributed by atoms with Crippen LogP contribution in [0.3, 0.4) is 0 Å². The molecule has 0 spiro atoms. The number of ketones is 1. The van der Waals surface area contributed by atoms with Crippen LogP contribution in [-0.4, -0.2) is 35.6 Å². The number of allylic oxidation sites excluding steroid dienone is 3. The summed E-state index contributed by atoms with van der Waals surface area (Å²) in [7, 11) is 3.79. The van der Waals surface area contributed by atoms with Gasteiger partial charge < -0.3 is 20.1 Å². The average molecular weight is 520 g/mol. The summed E-state index contributed by atoms with van der Waals surface area (Å²) in [5, 5.41) is 13.1. The number of hydrogen-bond acceptors (Lipinski definition) is 5. The van der Waals surface area contributed by atoms with Gasteiger partial charge in [-0.1, -0.05) is 88.6 Å². The van der Waals surface area contributed by atoms with Crippen molar-refractivity contribution in [1.82, 2.24) is 10.2 Å². The van der Waals surface area contributed by atoms with E-state index in [1.54, 1.807) is 18.2 Å². The van der Waals surface area contributed by atoms with Crippen molar-refractivity contribution >= 4 is 11.5 Å². The summed E-state index contributed by atoms with van der Waals surface area (Å²) >= 11 is 0. The number of phenolic OH excluding ortho intramolecular Hbond substituents is 1. The van der Waals surface area contributed by atoms with E-state index in [0.717, 1.165) is 34.9 Å². The number of aromatic hydroxyl groups is 1. The van der Waals surface area contributed by atoms with Crippen molar-refractivity contribution in [3.05, 3.63) is 101 Å². The second-order valence-electron chi connectivity index (χ2n) is 9.15. The minimum Gasteiger partial charge on any atom is -0.507 e. The Labute approximate surface area is 231 Å². The predicted octanol–water partition coefficient (Wildman–Crippen LogP) is 7.95. The zero-order valence-electron chi connectivity index (χ0n) is 25.1. The monoisotopic (exact) mass is 519 g/mol. The second-order valence-corrected chi connectivity index (χ2v) is 9.15. The summed E-state index contributed by atoms with van der Waals surface area (Å²) in [4.78, 5) is 16.1. The van der Waals surface area contributed by atoms with Crippen molar-refractivity contribution in [3.63, 3.8) is 0 Å². The fraction of sp³-hybridized carbons (Fsp3) is 0.394. The number of rotatable bonds is 6. The highest BCUT2D eigenvalue weighted by Gasteiger charge is 2.18. The number of likely N-dealkylation sites (N-methyl/N-ethyl adjacent to an activating group) is 1. The highest BCUT2D eigenvalue weighted by Crippen LogP contribution is 2.25. The molecule has 38 heavy (non-hydrogen) atoms. The van der Waals surface area contributed by atoms with Crippen LogP contribution in [0, 0.1) is 6.92 Å². The SMILES string of the molecule is C=C/C(NC)=C1/N=C(c2ccccc2O)C=C(C)N1C.CC(C)=O.CCCCC.CCc1ccc(C)cc1. The lowest BCUT2D eigenvalue weighted by atomic mass is 10.1.